The van der Waals surface area contributed by atoms with Crippen molar-refractivity contribution in [1.82, 2.24) is 9.97 Å². The third-order valence-electron chi connectivity index (χ3n) is 4.59. The van der Waals surface area contributed by atoms with E-state index in [-0.39, 0.29) is 5.92 Å². The van der Waals surface area contributed by atoms with Crippen LogP contribution < -0.4 is 0 Å². The number of imidazole rings is 1. The fraction of sp³-hybridized carbons (Fsp3) is 0.800. The summed E-state index contributed by atoms with van der Waals surface area (Å²) in [6, 6.07) is 0. The summed E-state index contributed by atoms with van der Waals surface area (Å²) in [6.45, 7) is 6.46. The second-order valence-corrected chi connectivity index (χ2v) is 6.57. The Kier molecular flexibility index (Phi) is 15.6. The van der Waals surface area contributed by atoms with E-state index < -0.39 is 5.97 Å². The summed E-state index contributed by atoms with van der Waals surface area (Å²) in [7, 11) is 0. The van der Waals surface area contributed by atoms with E-state index in [1.807, 2.05) is 0 Å². The van der Waals surface area contributed by atoms with Gasteiger partial charge in [-0.2, -0.15) is 0 Å². The Bertz CT molecular complexity index is 349. The maximum atomic E-state index is 11.3. The second-order valence-electron chi connectivity index (χ2n) is 6.57. The van der Waals surface area contributed by atoms with Crippen molar-refractivity contribution >= 4 is 5.97 Å². The van der Waals surface area contributed by atoms with E-state index in [9.17, 15) is 9.90 Å². The molecule has 24 heavy (non-hydrogen) atoms. The largest absolute Gasteiger partial charge is 0.481 e. The highest BCUT2D eigenvalue weighted by Gasteiger charge is 2.25. The van der Waals surface area contributed by atoms with Gasteiger partial charge in [-0.3, -0.25) is 4.79 Å². The van der Waals surface area contributed by atoms with Gasteiger partial charge in [-0.05, 0) is 18.8 Å². The quantitative estimate of drug-likeness (QED) is 0.429. The van der Waals surface area contributed by atoms with E-state index in [0.717, 1.165) is 25.7 Å². The zero-order valence-electron chi connectivity index (χ0n) is 16.0. The molecule has 0 saturated carbocycles. The lowest BCUT2D eigenvalue weighted by Crippen LogP contribution is -2.23. The number of carboxylic acid groups (broad SMARTS) is 1. The van der Waals surface area contributed by atoms with Crippen LogP contribution >= 0.6 is 0 Å². The van der Waals surface area contributed by atoms with Crippen LogP contribution in [-0.2, 0) is 4.79 Å². The first-order chi connectivity index (χ1) is 11.7. The Balaban J connectivity index is 0.000000889. The molecule has 1 heterocycles. The molecule has 0 saturated heterocycles. The molecule has 2 N–H and O–H groups in total. The van der Waals surface area contributed by atoms with Gasteiger partial charge in [-0.1, -0.05) is 78.6 Å². The minimum atomic E-state index is -0.586. The molecule has 1 aromatic rings. The van der Waals surface area contributed by atoms with Crippen molar-refractivity contribution in [2.75, 3.05) is 0 Å². The van der Waals surface area contributed by atoms with Crippen molar-refractivity contribution in [2.24, 2.45) is 11.8 Å². The molecule has 0 radical (unpaired) electrons. The number of H-pyrrole nitrogens is 1. The lowest BCUT2D eigenvalue weighted by molar-refractivity contribution is -0.144. The van der Waals surface area contributed by atoms with Crippen molar-refractivity contribution in [3.05, 3.63) is 18.7 Å². The zero-order chi connectivity index (χ0) is 18.0. The molecule has 1 aromatic heterocycles. The van der Waals surface area contributed by atoms with Gasteiger partial charge >= 0.3 is 5.97 Å². The van der Waals surface area contributed by atoms with Crippen molar-refractivity contribution in [3.63, 3.8) is 0 Å². The smallest absolute Gasteiger partial charge is 0.306 e. The molecule has 0 amide bonds. The number of nitrogens with one attached hydrogen (secondary N) is 1. The summed E-state index contributed by atoms with van der Waals surface area (Å²) in [5.74, 6) is -0.320. The number of aliphatic carboxylic acids is 1. The molecule has 4 heteroatoms. The van der Waals surface area contributed by atoms with Crippen LogP contribution in [-0.4, -0.2) is 21.0 Å². The number of carboxylic acids is 1. The van der Waals surface area contributed by atoms with Crippen LogP contribution in [0.15, 0.2) is 18.7 Å². The molecule has 0 bridgehead atoms. The predicted octanol–water partition coefficient (Wildman–Crippen LogP) is 6.06. The maximum absolute atomic E-state index is 11.3. The van der Waals surface area contributed by atoms with Gasteiger partial charge in [0.15, 0.2) is 0 Å². The molecule has 4 nitrogen and oxygen atoms in total. The molecule has 0 fully saturated rings. The van der Waals surface area contributed by atoms with Crippen LogP contribution in [0.25, 0.3) is 0 Å². The number of aromatic nitrogens is 2. The van der Waals surface area contributed by atoms with Crippen LogP contribution in [0.1, 0.15) is 91.4 Å². The molecule has 2 atom stereocenters. The van der Waals surface area contributed by atoms with E-state index in [1.165, 1.54) is 44.9 Å². The van der Waals surface area contributed by atoms with Crippen molar-refractivity contribution in [2.45, 2.75) is 91.4 Å². The highest BCUT2D eigenvalue weighted by molar-refractivity contribution is 5.70. The summed E-state index contributed by atoms with van der Waals surface area (Å²) < 4.78 is 0. The van der Waals surface area contributed by atoms with Gasteiger partial charge in [-0.25, -0.2) is 4.98 Å². The van der Waals surface area contributed by atoms with E-state index in [0.29, 0.717) is 5.92 Å². The fourth-order valence-electron chi connectivity index (χ4n) is 3.14. The van der Waals surface area contributed by atoms with Gasteiger partial charge < -0.3 is 10.1 Å². The molecular weight excluding hydrogens is 300 g/mol. The molecule has 1 rings (SSSR count). The van der Waals surface area contributed by atoms with Crippen LogP contribution in [0, 0.1) is 11.8 Å². The third kappa shape index (κ3) is 12.1. The van der Waals surface area contributed by atoms with Crippen LogP contribution in [0.5, 0.6) is 0 Å². The van der Waals surface area contributed by atoms with Crippen molar-refractivity contribution in [1.29, 1.82) is 0 Å². The van der Waals surface area contributed by atoms with Crippen molar-refractivity contribution in [3.8, 4) is 0 Å². The first kappa shape index (κ1) is 22.7. The lowest BCUT2D eigenvalue weighted by atomic mass is 9.83. The van der Waals surface area contributed by atoms with E-state index in [1.54, 1.807) is 18.7 Å². The maximum Gasteiger partial charge on any atom is 0.306 e. The summed E-state index contributed by atoms with van der Waals surface area (Å²) in [5.41, 5.74) is 0. The molecule has 0 aliphatic carbocycles. The number of carbonyl (C=O) groups is 1. The van der Waals surface area contributed by atoms with Crippen molar-refractivity contribution < 1.29 is 9.90 Å². The topological polar surface area (TPSA) is 66.0 Å². The number of aromatic amines is 1. The van der Waals surface area contributed by atoms with Gasteiger partial charge in [0, 0.05) is 12.4 Å². The standard InChI is InChI=1S/C17H34O2.C3H4N2/c1-4-7-8-9-10-11-12-14-15(6-3)16(13-5-2)17(18)19;1-2-5-3-4-1/h15-16H,4-14H2,1-3H3,(H,18,19);1-3H,(H,4,5). The third-order valence-corrected chi connectivity index (χ3v) is 4.59. The monoisotopic (exact) mass is 338 g/mol. The van der Waals surface area contributed by atoms with Gasteiger partial charge in [0.25, 0.3) is 0 Å². The van der Waals surface area contributed by atoms with Crippen LogP contribution in [0.4, 0.5) is 0 Å². The second kappa shape index (κ2) is 16.5. The Labute approximate surface area is 148 Å². The summed E-state index contributed by atoms with van der Waals surface area (Å²) in [5, 5.41) is 9.31. The molecular formula is C20H38N2O2. The first-order valence-electron chi connectivity index (χ1n) is 9.82. The van der Waals surface area contributed by atoms with E-state index in [4.69, 9.17) is 0 Å². The molecule has 2 unspecified atom stereocenters. The fourth-order valence-corrected chi connectivity index (χ4v) is 3.14. The zero-order valence-corrected chi connectivity index (χ0v) is 16.0. The summed E-state index contributed by atoms with van der Waals surface area (Å²) in [6.07, 6.45) is 18.2. The Morgan fingerprint density at radius 1 is 1.00 bits per heavy atom. The number of hydrogen-bond acceptors (Lipinski definition) is 2. The van der Waals surface area contributed by atoms with Crippen LogP contribution in [0.2, 0.25) is 0 Å². The summed E-state index contributed by atoms with van der Waals surface area (Å²) in [4.78, 5) is 17.7. The first-order valence-corrected chi connectivity index (χ1v) is 9.82. The van der Waals surface area contributed by atoms with Crippen LogP contribution in [0.3, 0.4) is 0 Å². The normalized spacial score (nSPS) is 13.0. The Morgan fingerprint density at radius 2 is 1.67 bits per heavy atom. The lowest BCUT2D eigenvalue weighted by Gasteiger charge is -2.22. The van der Waals surface area contributed by atoms with Gasteiger partial charge in [-0.15, -0.1) is 0 Å². The highest BCUT2D eigenvalue weighted by atomic mass is 16.4. The Hall–Kier alpha value is -1.32. The van der Waals surface area contributed by atoms with Gasteiger partial charge in [0.2, 0.25) is 0 Å². The minimum Gasteiger partial charge on any atom is -0.481 e. The molecule has 140 valence electrons. The average Bonchev–Trinajstić information content (AvgIpc) is 3.15. The predicted molar refractivity (Wildman–Crippen MR) is 101 cm³/mol. The summed E-state index contributed by atoms with van der Waals surface area (Å²) >= 11 is 0. The molecule has 0 spiro atoms. The number of rotatable bonds is 13. The molecule has 0 aromatic carbocycles. The van der Waals surface area contributed by atoms with E-state index in [2.05, 4.69) is 30.7 Å². The number of unbranched alkanes of at least 4 members (excludes halogenated alkanes) is 6. The van der Waals surface area contributed by atoms with Gasteiger partial charge in [0.1, 0.15) is 0 Å². The molecule has 0 aliphatic rings. The van der Waals surface area contributed by atoms with E-state index >= 15 is 0 Å². The minimum absolute atomic E-state index is 0.116. The highest BCUT2D eigenvalue weighted by Crippen LogP contribution is 2.27. The number of nitrogens with zero attached hydrogens (tertiary/aromatic N) is 1. The number of hydrogen-bond donors (Lipinski definition) is 2. The average molecular weight is 339 g/mol. The molecule has 0 aliphatic heterocycles. The SMILES string of the molecule is CCCCCCCCCC(CC)C(CCC)C(=O)O.c1c[nH]cn1. The Morgan fingerprint density at radius 3 is 2.08 bits per heavy atom. The van der Waals surface area contributed by atoms with Gasteiger partial charge in [0.05, 0.1) is 12.2 Å².